The highest BCUT2D eigenvalue weighted by atomic mass is 32.2. The van der Waals surface area contributed by atoms with Crippen molar-refractivity contribution in [3.05, 3.63) is 63.9 Å². The molecule has 0 saturated heterocycles. The molecule has 35 heavy (non-hydrogen) atoms. The van der Waals surface area contributed by atoms with E-state index in [2.05, 4.69) is 19.9 Å². The molecule has 184 valence electrons. The predicted octanol–water partition coefficient (Wildman–Crippen LogP) is 1.63. The summed E-state index contributed by atoms with van der Waals surface area (Å²) in [6.45, 7) is 0.169. The summed E-state index contributed by atoms with van der Waals surface area (Å²) in [5.41, 5.74) is 3.63. The molecule has 0 spiro atoms. The van der Waals surface area contributed by atoms with Gasteiger partial charge in [0.2, 0.25) is 11.3 Å². The van der Waals surface area contributed by atoms with Crippen LogP contribution in [0.1, 0.15) is 30.4 Å². The highest BCUT2D eigenvalue weighted by molar-refractivity contribution is 7.90. The first-order valence-corrected chi connectivity index (χ1v) is 13.5. The zero-order chi connectivity index (χ0) is 24.7. The topological polar surface area (TPSA) is 162 Å². The number of hydrogen-bond acceptors (Lipinski definition) is 7. The first-order valence-electron chi connectivity index (χ1n) is 11.0. The molecule has 0 bridgehead atoms. The second-order valence-corrected chi connectivity index (χ2v) is 10.8. The zero-order valence-corrected chi connectivity index (χ0v) is 20.0. The molecule has 11 nitrogen and oxygen atoms in total. The summed E-state index contributed by atoms with van der Waals surface area (Å²) >= 11 is -2.16. The molecular formula is C22H23N5O6S2. The lowest BCUT2D eigenvalue weighted by atomic mass is 9.94. The lowest BCUT2D eigenvalue weighted by molar-refractivity contribution is 0.414. The Morgan fingerprint density at radius 1 is 1.20 bits per heavy atom. The Kier molecular flexibility index (Phi) is 6.09. The second-order valence-electron chi connectivity index (χ2n) is 8.40. The van der Waals surface area contributed by atoms with Crippen LogP contribution >= 0.6 is 0 Å². The van der Waals surface area contributed by atoms with E-state index >= 15 is 0 Å². The lowest BCUT2D eigenvalue weighted by Gasteiger charge is -2.29. The van der Waals surface area contributed by atoms with E-state index in [9.17, 15) is 22.5 Å². The number of sulfonamides is 1. The van der Waals surface area contributed by atoms with Gasteiger partial charge in [0.15, 0.2) is 5.84 Å². The van der Waals surface area contributed by atoms with Gasteiger partial charge < -0.3 is 15.8 Å². The third-order valence-electron chi connectivity index (χ3n) is 6.14. The van der Waals surface area contributed by atoms with Crippen LogP contribution in [0.25, 0.3) is 10.9 Å². The number of aromatic nitrogens is 1. The summed E-state index contributed by atoms with van der Waals surface area (Å²) in [6.07, 6.45) is 3.18. The van der Waals surface area contributed by atoms with Crippen LogP contribution < -0.4 is 21.0 Å². The summed E-state index contributed by atoms with van der Waals surface area (Å²) in [6, 6.07) is 11.6. The van der Waals surface area contributed by atoms with E-state index in [-0.39, 0.29) is 40.3 Å². The van der Waals surface area contributed by atoms with Gasteiger partial charge in [-0.25, -0.2) is 13.6 Å². The first kappa shape index (κ1) is 23.5. The fourth-order valence-electron chi connectivity index (χ4n) is 4.14. The Labute approximate surface area is 203 Å². The van der Waals surface area contributed by atoms with Crippen LogP contribution in [0.5, 0.6) is 5.75 Å². The van der Waals surface area contributed by atoms with Gasteiger partial charge in [-0.15, -0.1) is 4.40 Å². The fraction of sp³-hybridized carbons (Fsp3) is 0.273. The quantitative estimate of drug-likeness (QED) is 0.295. The normalized spacial score (nSPS) is 17.7. The number of nitrogens with zero attached hydrogens (tertiary/aromatic N) is 2. The number of para-hydroxylation sites is 1. The lowest BCUT2D eigenvalue weighted by Crippen LogP contribution is -2.42. The van der Waals surface area contributed by atoms with Crippen LogP contribution in [0.2, 0.25) is 0 Å². The molecule has 2 aliphatic rings. The van der Waals surface area contributed by atoms with Gasteiger partial charge in [0.1, 0.15) is 16.2 Å². The molecule has 2 heterocycles. The monoisotopic (exact) mass is 517 g/mol. The summed E-state index contributed by atoms with van der Waals surface area (Å²) in [4.78, 5) is 13.4. The van der Waals surface area contributed by atoms with Crippen molar-refractivity contribution in [2.24, 2.45) is 4.40 Å². The number of nitrogens with one attached hydrogen (secondary N) is 3. The van der Waals surface area contributed by atoms with Crippen molar-refractivity contribution in [1.82, 2.24) is 9.40 Å². The highest BCUT2D eigenvalue weighted by Crippen LogP contribution is 2.33. The van der Waals surface area contributed by atoms with Crippen LogP contribution in [0.15, 0.2) is 56.6 Å². The van der Waals surface area contributed by atoms with Gasteiger partial charge in [-0.2, -0.15) is 8.42 Å². The highest BCUT2D eigenvalue weighted by Gasteiger charge is 2.31. The van der Waals surface area contributed by atoms with Gasteiger partial charge in [-0.3, -0.25) is 9.35 Å². The van der Waals surface area contributed by atoms with E-state index in [4.69, 9.17) is 4.55 Å². The zero-order valence-electron chi connectivity index (χ0n) is 18.4. The van der Waals surface area contributed by atoms with Crippen molar-refractivity contribution >= 4 is 43.7 Å². The van der Waals surface area contributed by atoms with E-state index in [0.717, 1.165) is 19.3 Å². The van der Waals surface area contributed by atoms with Crippen LogP contribution in [-0.2, 0) is 27.7 Å². The van der Waals surface area contributed by atoms with Crippen LogP contribution in [0.4, 0.5) is 5.69 Å². The molecule has 13 heteroatoms. The summed E-state index contributed by atoms with van der Waals surface area (Å²) in [7, 11) is -4.20. The van der Waals surface area contributed by atoms with Gasteiger partial charge in [-0.1, -0.05) is 18.2 Å². The van der Waals surface area contributed by atoms with E-state index in [0.29, 0.717) is 22.9 Å². The number of pyridine rings is 1. The molecular weight excluding hydrogens is 494 g/mol. The van der Waals surface area contributed by atoms with Crippen molar-refractivity contribution in [2.45, 2.75) is 36.6 Å². The molecule has 1 aliphatic heterocycles. The Bertz CT molecular complexity index is 1550. The molecule has 1 atom stereocenters. The molecule has 1 aromatic heterocycles. The van der Waals surface area contributed by atoms with Gasteiger partial charge in [0.05, 0.1) is 11.2 Å². The smallest absolute Gasteiger partial charge is 0.286 e. The van der Waals surface area contributed by atoms with E-state index in [1.54, 1.807) is 30.3 Å². The van der Waals surface area contributed by atoms with Crippen molar-refractivity contribution in [3.63, 3.8) is 0 Å². The maximum Gasteiger partial charge on any atom is 0.286 e. The van der Waals surface area contributed by atoms with Crippen molar-refractivity contribution in [3.8, 4) is 5.75 Å². The number of anilines is 1. The Morgan fingerprint density at radius 2 is 1.97 bits per heavy atom. The van der Waals surface area contributed by atoms with E-state index in [1.807, 2.05) is 0 Å². The Balaban J connectivity index is 1.58. The molecule has 1 unspecified atom stereocenters. The largest absolute Gasteiger partial charge is 0.506 e. The van der Waals surface area contributed by atoms with Crippen LogP contribution in [0, 0.1) is 0 Å². The van der Waals surface area contributed by atoms with Crippen molar-refractivity contribution in [1.29, 1.82) is 0 Å². The summed E-state index contributed by atoms with van der Waals surface area (Å²) < 4.78 is 53.2. The molecule has 1 aliphatic carbocycles. The Hall–Kier alpha value is -3.26. The third-order valence-corrected chi connectivity index (χ3v) is 7.90. The number of benzene rings is 2. The number of rotatable bonds is 7. The Morgan fingerprint density at radius 3 is 2.69 bits per heavy atom. The van der Waals surface area contributed by atoms with Gasteiger partial charge in [-0.05, 0) is 55.5 Å². The average molecular weight is 518 g/mol. The predicted molar refractivity (Wildman–Crippen MR) is 133 cm³/mol. The van der Waals surface area contributed by atoms with Gasteiger partial charge >= 0.3 is 0 Å². The van der Waals surface area contributed by atoms with Crippen LogP contribution in [0.3, 0.4) is 0 Å². The number of hydrogen-bond donors (Lipinski definition) is 5. The fourth-order valence-corrected chi connectivity index (χ4v) is 5.59. The molecule has 1 fully saturated rings. The van der Waals surface area contributed by atoms with Crippen LogP contribution in [-0.4, -0.2) is 45.4 Å². The standard InChI is InChI=1S/C22H23N5O6S2/c28-20-15-6-1-2-7-17(15)27(25-14-4-3-5-14)22(29)19(20)21-24-16-9-8-13(10-11-23-34(30)31)12-18(16)35(32,33)26-21/h1-2,6-9,12,14,23,25,28H,3-5,10-11H2,(H,24,26)(H,30,31). The molecule has 0 amide bonds. The molecule has 2 aromatic carbocycles. The van der Waals surface area contributed by atoms with E-state index in [1.165, 1.54) is 16.8 Å². The first-order chi connectivity index (χ1) is 16.7. The summed E-state index contributed by atoms with van der Waals surface area (Å²) in [5.74, 6) is -0.623. The minimum atomic E-state index is -4.20. The minimum Gasteiger partial charge on any atom is -0.506 e. The molecule has 0 radical (unpaired) electrons. The number of aromatic hydroxyl groups is 1. The van der Waals surface area contributed by atoms with Crippen molar-refractivity contribution in [2.75, 3.05) is 17.3 Å². The van der Waals surface area contributed by atoms with Crippen molar-refractivity contribution < 1.29 is 22.3 Å². The SMILES string of the molecule is O=c1c(C2=NS(=O)(=O)c3cc(CCNS(=O)O)ccc3N2)c(O)c2ccccc2n1NC1CCC1. The number of amidine groups is 1. The molecule has 5 rings (SSSR count). The van der Waals surface area contributed by atoms with E-state index < -0.39 is 26.8 Å². The second kappa shape index (κ2) is 9.07. The average Bonchev–Trinajstić information content (AvgIpc) is 2.78. The minimum absolute atomic E-state index is 0.0860. The number of fused-ring (bicyclic) bond motifs is 2. The molecule has 5 N–H and O–H groups in total. The summed E-state index contributed by atoms with van der Waals surface area (Å²) in [5, 5.41) is 14.3. The maximum atomic E-state index is 13.5. The molecule has 1 saturated carbocycles. The van der Waals surface area contributed by atoms with Gasteiger partial charge in [0, 0.05) is 18.0 Å². The van der Waals surface area contributed by atoms with Gasteiger partial charge in [0.25, 0.3) is 15.6 Å². The maximum absolute atomic E-state index is 13.5. The third kappa shape index (κ3) is 4.43. The molecule has 3 aromatic rings.